The van der Waals surface area contributed by atoms with Gasteiger partial charge in [-0.25, -0.2) is 10.6 Å². The number of H-pyrrole nitrogens is 1. The first-order chi connectivity index (χ1) is 9.15. The quantitative estimate of drug-likeness (QED) is 0.425. The van der Waals surface area contributed by atoms with Crippen molar-refractivity contribution in [1.29, 1.82) is 0 Å². The number of aromatic nitrogens is 1. The number of hydrazine groups is 1. The van der Waals surface area contributed by atoms with Crippen molar-refractivity contribution < 1.29 is 9.21 Å². The molecule has 0 spiro atoms. The molecule has 0 atom stereocenters. The second-order valence-electron chi connectivity index (χ2n) is 4.99. The van der Waals surface area contributed by atoms with E-state index >= 15 is 0 Å². The van der Waals surface area contributed by atoms with E-state index in [0.29, 0.717) is 11.1 Å². The van der Waals surface area contributed by atoms with Crippen molar-refractivity contribution in [3.63, 3.8) is 0 Å². The lowest BCUT2D eigenvalue weighted by Gasteiger charge is -2.27. The molecule has 4 N–H and O–H groups in total. The fourth-order valence-corrected chi connectivity index (χ4v) is 3.01. The van der Waals surface area contributed by atoms with E-state index < -0.39 is 11.2 Å². The Morgan fingerprint density at radius 2 is 2.11 bits per heavy atom. The highest BCUT2D eigenvalue weighted by molar-refractivity contribution is 5.89. The molecule has 0 saturated heterocycles. The number of carbonyl (C=O) groups is 1. The maximum Gasteiger partial charge on any atom is 0.417 e. The zero-order chi connectivity index (χ0) is 13.5. The maximum absolute atomic E-state index is 12.1. The summed E-state index contributed by atoms with van der Waals surface area (Å²) in [4.78, 5) is 25.9. The first-order valence-electron chi connectivity index (χ1n) is 6.30. The van der Waals surface area contributed by atoms with Gasteiger partial charge in [0.1, 0.15) is 0 Å². The number of hydrogen-bond acceptors (Lipinski definition) is 4. The summed E-state index contributed by atoms with van der Waals surface area (Å²) in [7, 11) is 0. The van der Waals surface area contributed by atoms with Gasteiger partial charge in [0.15, 0.2) is 5.58 Å². The van der Waals surface area contributed by atoms with Crippen molar-refractivity contribution in [3.8, 4) is 0 Å². The summed E-state index contributed by atoms with van der Waals surface area (Å²) in [6, 6.07) is 5.38. The summed E-state index contributed by atoms with van der Waals surface area (Å²) in [5, 5.41) is 0. The number of nitrogens with two attached hydrogens (primary N) is 1. The number of carbonyl (C=O) groups excluding carboxylic acids is 1. The Hall–Kier alpha value is -2.08. The Bertz CT molecular complexity index is 680. The van der Waals surface area contributed by atoms with Gasteiger partial charge in [-0.3, -0.25) is 15.2 Å². The number of nitrogens with one attached hydrogen (secondary N) is 2. The fourth-order valence-electron chi connectivity index (χ4n) is 3.01. The lowest BCUT2D eigenvalue weighted by Crippen LogP contribution is -2.45. The number of rotatable bonds is 2. The van der Waals surface area contributed by atoms with E-state index in [9.17, 15) is 9.59 Å². The van der Waals surface area contributed by atoms with Crippen LogP contribution in [0.1, 0.15) is 31.2 Å². The standard InChI is InChI=1S/C13H15N3O3/c14-16-11(17)13(5-1-2-6-13)8-3-4-9-10(7-8)19-12(18)15-9/h3-4,7H,1-2,5-6,14H2,(H,15,18)(H,16,17). The van der Waals surface area contributed by atoms with Gasteiger partial charge in [0.25, 0.3) is 0 Å². The molecule has 19 heavy (non-hydrogen) atoms. The normalized spacial score (nSPS) is 17.7. The van der Waals surface area contributed by atoms with E-state index in [1.807, 2.05) is 6.07 Å². The van der Waals surface area contributed by atoms with Gasteiger partial charge in [-0.15, -0.1) is 0 Å². The zero-order valence-corrected chi connectivity index (χ0v) is 10.4. The van der Waals surface area contributed by atoms with Crippen LogP contribution in [0.15, 0.2) is 27.4 Å². The Balaban J connectivity index is 2.14. The average molecular weight is 261 g/mol. The molecule has 1 aliphatic rings. The van der Waals surface area contributed by atoms with Crippen molar-refractivity contribution in [2.45, 2.75) is 31.1 Å². The minimum Gasteiger partial charge on any atom is -0.408 e. The molecule has 1 fully saturated rings. The minimum absolute atomic E-state index is 0.178. The number of benzene rings is 1. The summed E-state index contributed by atoms with van der Waals surface area (Å²) < 4.78 is 5.05. The second-order valence-corrected chi connectivity index (χ2v) is 4.99. The third-order valence-electron chi connectivity index (χ3n) is 4.00. The van der Waals surface area contributed by atoms with Gasteiger partial charge >= 0.3 is 5.76 Å². The highest BCUT2D eigenvalue weighted by Gasteiger charge is 2.42. The van der Waals surface area contributed by atoms with Gasteiger partial charge in [0.2, 0.25) is 5.91 Å². The topological polar surface area (TPSA) is 101 Å². The monoisotopic (exact) mass is 261 g/mol. The average Bonchev–Trinajstić information content (AvgIpc) is 3.02. The van der Waals surface area contributed by atoms with Gasteiger partial charge in [-0.05, 0) is 30.5 Å². The summed E-state index contributed by atoms with van der Waals surface area (Å²) in [5.41, 5.74) is 3.62. The smallest absolute Gasteiger partial charge is 0.408 e. The van der Waals surface area contributed by atoms with Gasteiger partial charge in [0, 0.05) is 0 Å². The van der Waals surface area contributed by atoms with Gasteiger partial charge in [-0.2, -0.15) is 0 Å². The minimum atomic E-state index is -0.598. The molecule has 100 valence electrons. The molecule has 0 bridgehead atoms. The van der Waals surface area contributed by atoms with Crippen LogP contribution in [0.2, 0.25) is 0 Å². The molecule has 1 amide bonds. The van der Waals surface area contributed by atoms with Gasteiger partial charge in [-0.1, -0.05) is 18.9 Å². The fraction of sp³-hybridized carbons (Fsp3) is 0.385. The number of aromatic amines is 1. The van der Waals surface area contributed by atoms with Crippen LogP contribution in [0.5, 0.6) is 0 Å². The van der Waals surface area contributed by atoms with Crippen LogP contribution in [-0.4, -0.2) is 10.9 Å². The van der Waals surface area contributed by atoms with Crippen LogP contribution < -0.4 is 17.0 Å². The van der Waals surface area contributed by atoms with E-state index in [-0.39, 0.29) is 5.91 Å². The van der Waals surface area contributed by atoms with E-state index in [4.69, 9.17) is 10.3 Å². The third-order valence-corrected chi connectivity index (χ3v) is 4.00. The molecular weight excluding hydrogens is 246 g/mol. The number of hydrogen-bond donors (Lipinski definition) is 3. The highest BCUT2D eigenvalue weighted by Crippen LogP contribution is 2.41. The van der Waals surface area contributed by atoms with Crippen LogP contribution in [0.25, 0.3) is 11.1 Å². The largest absolute Gasteiger partial charge is 0.417 e. The number of oxazole rings is 1. The summed E-state index contributed by atoms with van der Waals surface area (Å²) in [5.74, 6) is 4.64. The van der Waals surface area contributed by atoms with E-state index in [1.165, 1.54) is 0 Å². The molecule has 0 radical (unpaired) electrons. The van der Waals surface area contributed by atoms with Gasteiger partial charge < -0.3 is 4.42 Å². The third kappa shape index (κ3) is 1.76. The second kappa shape index (κ2) is 4.24. The van der Waals surface area contributed by atoms with Crippen molar-refractivity contribution >= 4 is 17.0 Å². The van der Waals surface area contributed by atoms with E-state index in [0.717, 1.165) is 31.2 Å². The molecule has 2 aromatic rings. The molecule has 1 heterocycles. The number of amides is 1. The Labute approximate surface area is 108 Å². The molecule has 1 aliphatic carbocycles. The van der Waals surface area contributed by atoms with Crippen LogP contribution in [0.4, 0.5) is 0 Å². The molecule has 0 aliphatic heterocycles. The summed E-state index contributed by atoms with van der Waals surface area (Å²) in [6.45, 7) is 0. The SMILES string of the molecule is NNC(=O)C1(c2ccc3[nH]c(=O)oc3c2)CCCC1. The highest BCUT2D eigenvalue weighted by atomic mass is 16.4. The van der Waals surface area contributed by atoms with Crippen LogP contribution in [0, 0.1) is 0 Å². The van der Waals surface area contributed by atoms with Crippen LogP contribution >= 0.6 is 0 Å². The molecule has 1 saturated carbocycles. The van der Waals surface area contributed by atoms with Crippen molar-refractivity contribution in [2.24, 2.45) is 5.84 Å². The first-order valence-corrected chi connectivity index (χ1v) is 6.30. The lowest BCUT2D eigenvalue weighted by molar-refractivity contribution is -0.126. The van der Waals surface area contributed by atoms with Crippen molar-refractivity contribution in [3.05, 3.63) is 34.3 Å². The summed E-state index contributed by atoms with van der Waals surface area (Å²) >= 11 is 0. The molecule has 1 aromatic heterocycles. The summed E-state index contributed by atoms with van der Waals surface area (Å²) in [6.07, 6.45) is 3.50. The Morgan fingerprint density at radius 3 is 2.79 bits per heavy atom. The predicted octanol–water partition coefficient (Wildman–Crippen LogP) is 0.923. The van der Waals surface area contributed by atoms with Crippen LogP contribution in [0.3, 0.4) is 0 Å². The lowest BCUT2D eigenvalue weighted by atomic mass is 9.78. The van der Waals surface area contributed by atoms with Gasteiger partial charge in [0.05, 0.1) is 10.9 Å². The molecule has 0 unspecified atom stereocenters. The predicted molar refractivity (Wildman–Crippen MR) is 69.3 cm³/mol. The Kier molecular flexibility index (Phi) is 2.67. The number of fused-ring (bicyclic) bond motifs is 1. The van der Waals surface area contributed by atoms with E-state index in [2.05, 4.69) is 10.4 Å². The first kappa shape index (κ1) is 12.0. The molecule has 3 rings (SSSR count). The molecule has 6 heteroatoms. The van der Waals surface area contributed by atoms with E-state index in [1.54, 1.807) is 12.1 Å². The molecule has 1 aromatic carbocycles. The molecule has 6 nitrogen and oxygen atoms in total. The van der Waals surface area contributed by atoms with Crippen molar-refractivity contribution in [1.82, 2.24) is 10.4 Å². The van der Waals surface area contributed by atoms with Crippen LogP contribution in [-0.2, 0) is 10.2 Å². The van der Waals surface area contributed by atoms with Crippen molar-refractivity contribution in [2.75, 3.05) is 0 Å². The maximum atomic E-state index is 12.1. The zero-order valence-electron chi connectivity index (χ0n) is 10.4. The Morgan fingerprint density at radius 1 is 1.37 bits per heavy atom. The molecular formula is C13H15N3O3.